The highest BCUT2D eigenvalue weighted by Gasteiger charge is 2.11. The molecule has 2 aromatic rings. The fourth-order valence-electron chi connectivity index (χ4n) is 1.43. The van der Waals surface area contributed by atoms with Gasteiger partial charge in [-0.05, 0) is 40.2 Å². The van der Waals surface area contributed by atoms with Crippen LogP contribution in [0.5, 0.6) is 11.5 Å². The molecule has 0 fully saturated rings. The minimum Gasteiger partial charge on any atom is -0.454 e. The van der Waals surface area contributed by atoms with Gasteiger partial charge in [0.1, 0.15) is 17.6 Å². The summed E-state index contributed by atoms with van der Waals surface area (Å²) in [4.78, 5) is 0. The van der Waals surface area contributed by atoms with E-state index < -0.39 is 5.82 Å². The molecule has 0 aliphatic rings. The first-order valence-corrected chi connectivity index (χ1v) is 6.30. The molecule has 0 heterocycles. The van der Waals surface area contributed by atoms with Crippen LogP contribution in [-0.4, -0.2) is 0 Å². The summed E-state index contributed by atoms with van der Waals surface area (Å²) >= 11 is 8.80. The Morgan fingerprint density at radius 3 is 2.68 bits per heavy atom. The van der Waals surface area contributed by atoms with Crippen LogP contribution in [0.4, 0.5) is 10.1 Å². The fraction of sp³-hybridized carbons (Fsp3) is 0. The van der Waals surface area contributed by atoms with E-state index in [9.17, 15) is 4.39 Å². The van der Waals surface area contributed by atoms with E-state index in [1.165, 1.54) is 18.2 Å². The predicted molar refractivity (Wildman–Crippen MR) is 74.8 cm³/mol. The largest absolute Gasteiger partial charge is 0.454 e. The van der Waals surface area contributed by atoms with Crippen LogP contribution < -0.4 is 10.5 Å². The highest BCUT2D eigenvalue weighted by molar-refractivity contribution is 9.10. The van der Waals surface area contributed by atoms with Crippen LogP contribution in [-0.2, 0) is 0 Å². The molecular formula is C13H7BrClFN2O. The molecule has 0 amide bonds. The monoisotopic (exact) mass is 340 g/mol. The lowest BCUT2D eigenvalue weighted by Gasteiger charge is -2.10. The van der Waals surface area contributed by atoms with Crippen LogP contribution in [0, 0.1) is 17.1 Å². The zero-order chi connectivity index (χ0) is 14.0. The van der Waals surface area contributed by atoms with Gasteiger partial charge in [-0.15, -0.1) is 0 Å². The van der Waals surface area contributed by atoms with Crippen molar-refractivity contribution in [3.8, 4) is 17.6 Å². The summed E-state index contributed by atoms with van der Waals surface area (Å²) in [6.07, 6.45) is 0. The van der Waals surface area contributed by atoms with Crippen molar-refractivity contribution in [3.05, 3.63) is 51.2 Å². The number of nitriles is 1. The predicted octanol–water partition coefficient (Wildman–Crippen LogP) is 4.49. The molecule has 0 spiro atoms. The molecule has 96 valence electrons. The van der Waals surface area contributed by atoms with Crippen LogP contribution in [0.3, 0.4) is 0 Å². The van der Waals surface area contributed by atoms with Crippen molar-refractivity contribution in [2.75, 3.05) is 5.73 Å². The van der Waals surface area contributed by atoms with E-state index in [1.807, 2.05) is 6.07 Å². The Morgan fingerprint density at radius 1 is 1.26 bits per heavy atom. The molecule has 0 saturated heterocycles. The molecule has 0 saturated carbocycles. The van der Waals surface area contributed by atoms with Crippen molar-refractivity contribution in [2.24, 2.45) is 0 Å². The van der Waals surface area contributed by atoms with Gasteiger partial charge in [-0.25, -0.2) is 4.39 Å². The molecule has 0 unspecified atom stereocenters. The molecule has 0 aliphatic heterocycles. The maximum absolute atomic E-state index is 13.4. The zero-order valence-electron chi connectivity index (χ0n) is 9.45. The highest BCUT2D eigenvalue weighted by Crippen LogP contribution is 2.34. The second kappa shape index (κ2) is 5.47. The lowest BCUT2D eigenvalue weighted by Crippen LogP contribution is -1.95. The van der Waals surface area contributed by atoms with Crippen molar-refractivity contribution in [1.82, 2.24) is 0 Å². The van der Waals surface area contributed by atoms with Crippen LogP contribution >= 0.6 is 27.5 Å². The number of nitrogens with two attached hydrogens (primary N) is 1. The molecular weight excluding hydrogens is 335 g/mol. The summed E-state index contributed by atoms with van der Waals surface area (Å²) < 4.78 is 19.1. The molecule has 2 rings (SSSR count). The van der Waals surface area contributed by atoms with E-state index in [1.54, 1.807) is 6.07 Å². The Hall–Kier alpha value is -1.77. The number of anilines is 1. The summed E-state index contributed by atoms with van der Waals surface area (Å²) in [6.45, 7) is 0. The second-order valence-electron chi connectivity index (χ2n) is 3.66. The first kappa shape index (κ1) is 13.7. The van der Waals surface area contributed by atoms with E-state index in [2.05, 4.69) is 15.9 Å². The lowest BCUT2D eigenvalue weighted by molar-refractivity contribution is 0.477. The average molecular weight is 342 g/mol. The van der Waals surface area contributed by atoms with Gasteiger partial charge in [-0.3, -0.25) is 0 Å². The number of benzene rings is 2. The first-order valence-electron chi connectivity index (χ1n) is 5.13. The topological polar surface area (TPSA) is 59.0 Å². The fourth-order valence-corrected chi connectivity index (χ4v) is 1.96. The Labute approximate surface area is 122 Å². The van der Waals surface area contributed by atoms with Crippen molar-refractivity contribution in [2.45, 2.75) is 0 Å². The van der Waals surface area contributed by atoms with Crippen molar-refractivity contribution in [1.29, 1.82) is 5.26 Å². The van der Waals surface area contributed by atoms with E-state index in [0.717, 1.165) is 6.07 Å². The average Bonchev–Trinajstić information content (AvgIpc) is 2.37. The minimum absolute atomic E-state index is 0.138. The number of hydrogen-bond donors (Lipinski definition) is 1. The minimum atomic E-state index is -0.503. The van der Waals surface area contributed by atoms with Crippen LogP contribution in [0.1, 0.15) is 5.56 Å². The van der Waals surface area contributed by atoms with Gasteiger partial charge < -0.3 is 10.5 Å². The van der Waals surface area contributed by atoms with Gasteiger partial charge in [0.25, 0.3) is 0 Å². The van der Waals surface area contributed by atoms with Gasteiger partial charge in [-0.1, -0.05) is 11.6 Å². The van der Waals surface area contributed by atoms with Gasteiger partial charge in [-0.2, -0.15) is 5.26 Å². The summed E-state index contributed by atoms with van der Waals surface area (Å²) in [5, 5.41) is 9.40. The van der Waals surface area contributed by atoms with Gasteiger partial charge in [0.2, 0.25) is 0 Å². The van der Waals surface area contributed by atoms with Crippen LogP contribution in [0.15, 0.2) is 34.8 Å². The number of nitrogens with zero attached hydrogens (tertiary/aromatic N) is 1. The Kier molecular flexibility index (Phi) is 3.93. The third-order valence-corrected chi connectivity index (χ3v) is 3.18. The first-order chi connectivity index (χ1) is 9.01. The quantitative estimate of drug-likeness (QED) is 0.819. The van der Waals surface area contributed by atoms with E-state index >= 15 is 0 Å². The third kappa shape index (κ3) is 2.98. The molecule has 0 atom stereocenters. The standard InChI is InChI=1S/C13H7BrClFN2O/c14-9-4-11(18)13(5-10(9)16)19-12-2-1-8(15)3-7(12)6-17/h1-5H,18H2. The number of nitrogen functional groups attached to an aromatic ring is 1. The van der Waals surface area contributed by atoms with E-state index in [0.29, 0.717) is 5.02 Å². The van der Waals surface area contributed by atoms with Crippen molar-refractivity contribution in [3.63, 3.8) is 0 Å². The molecule has 2 aromatic carbocycles. The van der Waals surface area contributed by atoms with E-state index in [-0.39, 0.29) is 27.2 Å². The van der Waals surface area contributed by atoms with Crippen LogP contribution in [0.2, 0.25) is 5.02 Å². The molecule has 19 heavy (non-hydrogen) atoms. The summed E-state index contributed by atoms with van der Waals surface area (Å²) in [5.41, 5.74) is 6.23. The van der Waals surface area contributed by atoms with Crippen molar-refractivity contribution < 1.29 is 9.13 Å². The molecule has 0 aromatic heterocycles. The molecule has 2 N–H and O–H groups in total. The van der Waals surface area contributed by atoms with Gasteiger partial charge in [0.05, 0.1) is 15.7 Å². The zero-order valence-corrected chi connectivity index (χ0v) is 11.8. The molecule has 0 radical (unpaired) electrons. The molecule has 3 nitrogen and oxygen atoms in total. The SMILES string of the molecule is N#Cc1cc(Cl)ccc1Oc1cc(F)c(Br)cc1N. The van der Waals surface area contributed by atoms with Gasteiger partial charge >= 0.3 is 0 Å². The number of ether oxygens (including phenoxy) is 1. The van der Waals surface area contributed by atoms with E-state index in [4.69, 9.17) is 27.3 Å². The smallest absolute Gasteiger partial charge is 0.153 e. The van der Waals surface area contributed by atoms with Gasteiger partial charge in [0.15, 0.2) is 5.75 Å². The number of rotatable bonds is 2. The maximum atomic E-state index is 13.4. The number of hydrogen-bond acceptors (Lipinski definition) is 3. The molecule has 0 aliphatic carbocycles. The molecule has 0 bridgehead atoms. The van der Waals surface area contributed by atoms with Crippen molar-refractivity contribution >= 4 is 33.2 Å². The third-order valence-electron chi connectivity index (χ3n) is 2.33. The number of halogens is 3. The molecule has 6 heteroatoms. The lowest BCUT2D eigenvalue weighted by atomic mass is 10.2. The van der Waals surface area contributed by atoms with Gasteiger partial charge in [0, 0.05) is 11.1 Å². The summed E-state index contributed by atoms with van der Waals surface area (Å²) in [7, 11) is 0. The second-order valence-corrected chi connectivity index (χ2v) is 4.95. The summed E-state index contributed by atoms with van der Waals surface area (Å²) in [5.74, 6) is -0.100. The normalized spacial score (nSPS) is 10.0. The maximum Gasteiger partial charge on any atom is 0.153 e. The highest BCUT2D eigenvalue weighted by atomic mass is 79.9. The summed E-state index contributed by atoms with van der Waals surface area (Å²) in [6, 6.07) is 9.05. The Balaban J connectivity index is 2.42. The Bertz CT molecular complexity index is 685. The van der Waals surface area contributed by atoms with Crippen LogP contribution in [0.25, 0.3) is 0 Å². The Morgan fingerprint density at radius 2 is 2.00 bits per heavy atom.